The number of rotatable bonds is 5. The third-order valence-electron chi connectivity index (χ3n) is 7.16. The molecular formula is C35H28BrNO2. The van der Waals surface area contributed by atoms with Crippen LogP contribution in [0.4, 0.5) is 0 Å². The van der Waals surface area contributed by atoms with Gasteiger partial charge in [0, 0.05) is 26.5 Å². The van der Waals surface area contributed by atoms with Crippen molar-refractivity contribution < 1.29 is 9.53 Å². The van der Waals surface area contributed by atoms with E-state index in [9.17, 15) is 4.79 Å². The zero-order chi connectivity index (χ0) is 27.1. The van der Waals surface area contributed by atoms with E-state index in [1.807, 2.05) is 48.5 Å². The fourth-order valence-electron chi connectivity index (χ4n) is 5.03. The Morgan fingerprint density at radius 1 is 0.667 bits per heavy atom. The van der Waals surface area contributed by atoms with Crippen molar-refractivity contribution >= 4 is 44.0 Å². The first-order valence-electron chi connectivity index (χ1n) is 13.0. The number of hydrogen-bond donors (Lipinski definition) is 0. The van der Waals surface area contributed by atoms with Crippen molar-refractivity contribution in [2.24, 2.45) is 0 Å². The Hall–Kier alpha value is -4.15. The molecule has 0 radical (unpaired) electrons. The molecule has 5 aromatic carbocycles. The van der Waals surface area contributed by atoms with Gasteiger partial charge in [-0.2, -0.15) is 0 Å². The van der Waals surface area contributed by atoms with Gasteiger partial charge in [0.1, 0.15) is 17.8 Å². The number of carbonyl (C=O) groups is 1. The highest BCUT2D eigenvalue weighted by Crippen LogP contribution is 2.37. The maximum Gasteiger partial charge on any atom is 0.150 e. The summed E-state index contributed by atoms with van der Waals surface area (Å²) in [6.45, 7) is 6.63. The Morgan fingerprint density at radius 2 is 1.23 bits per heavy atom. The van der Waals surface area contributed by atoms with E-state index in [0.717, 1.165) is 50.1 Å². The van der Waals surface area contributed by atoms with Crippen LogP contribution in [0.25, 0.3) is 38.6 Å². The van der Waals surface area contributed by atoms with Gasteiger partial charge in [0.15, 0.2) is 0 Å². The van der Waals surface area contributed by atoms with Gasteiger partial charge in [-0.15, -0.1) is 0 Å². The van der Waals surface area contributed by atoms with Crippen molar-refractivity contribution in [2.45, 2.75) is 26.2 Å². The minimum absolute atomic E-state index is 0.111. The summed E-state index contributed by atoms with van der Waals surface area (Å²) in [5.74, 6) is 1.62. The van der Waals surface area contributed by atoms with E-state index < -0.39 is 0 Å². The average molecular weight is 575 g/mol. The van der Waals surface area contributed by atoms with Gasteiger partial charge in [0.2, 0.25) is 0 Å². The van der Waals surface area contributed by atoms with Gasteiger partial charge in [0.25, 0.3) is 0 Å². The molecule has 1 aromatic heterocycles. The number of aromatic nitrogens is 1. The molecule has 0 aliphatic carbocycles. The second-order valence-electron chi connectivity index (χ2n) is 10.8. The standard InChI is InChI=1S/C35H28BrNO2/c1-35(2,3)26-9-14-29(15-10-26)39-30-16-12-28(13-17-30)37-33-18-8-25(24-6-4-23(22-38)5-7-24)20-31(33)32-21-27(36)11-19-34(32)37/h4-22H,1-3H3. The second kappa shape index (κ2) is 9.87. The van der Waals surface area contributed by atoms with Gasteiger partial charge in [-0.1, -0.05) is 79.2 Å². The Kier molecular flexibility index (Phi) is 6.36. The summed E-state index contributed by atoms with van der Waals surface area (Å²) in [6.07, 6.45) is 0.872. The molecular weight excluding hydrogens is 546 g/mol. The number of halogens is 1. The Bertz CT molecular complexity index is 1810. The Balaban J connectivity index is 1.38. The molecule has 0 bridgehead atoms. The summed E-state index contributed by atoms with van der Waals surface area (Å²) in [4.78, 5) is 11.1. The molecule has 6 aromatic rings. The molecule has 4 heteroatoms. The van der Waals surface area contributed by atoms with Crippen LogP contribution in [0.15, 0.2) is 114 Å². The molecule has 0 fully saturated rings. The summed E-state index contributed by atoms with van der Waals surface area (Å²) >= 11 is 3.66. The molecule has 1 heterocycles. The van der Waals surface area contributed by atoms with E-state index in [0.29, 0.717) is 5.56 Å². The van der Waals surface area contributed by atoms with E-state index in [2.05, 4.69) is 102 Å². The van der Waals surface area contributed by atoms with Gasteiger partial charge < -0.3 is 9.30 Å². The molecule has 3 nitrogen and oxygen atoms in total. The van der Waals surface area contributed by atoms with Gasteiger partial charge >= 0.3 is 0 Å². The number of hydrogen-bond acceptors (Lipinski definition) is 2. The zero-order valence-corrected chi connectivity index (χ0v) is 23.7. The molecule has 0 saturated heterocycles. The van der Waals surface area contributed by atoms with E-state index in [1.165, 1.54) is 16.3 Å². The molecule has 0 aliphatic heterocycles. The first-order chi connectivity index (χ1) is 18.8. The summed E-state index contributed by atoms with van der Waals surface area (Å²) in [5, 5.41) is 2.34. The number of fused-ring (bicyclic) bond motifs is 3. The third kappa shape index (κ3) is 4.88. The summed E-state index contributed by atoms with van der Waals surface area (Å²) in [7, 11) is 0. The molecule has 0 atom stereocenters. The van der Waals surface area contributed by atoms with Crippen molar-refractivity contribution in [3.8, 4) is 28.3 Å². The van der Waals surface area contributed by atoms with Crippen molar-refractivity contribution in [1.82, 2.24) is 4.57 Å². The molecule has 0 N–H and O–H groups in total. The summed E-state index contributed by atoms with van der Waals surface area (Å²) in [5.41, 5.74) is 7.58. The lowest BCUT2D eigenvalue weighted by Gasteiger charge is -2.19. The fraction of sp³-hybridized carbons (Fsp3) is 0.114. The SMILES string of the molecule is CC(C)(C)c1ccc(Oc2ccc(-n3c4ccc(Br)cc4c4cc(-c5ccc(C=O)cc5)ccc43)cc2)cc1. The third-order valence-corrected chi connectivity index (χ3v) is 7.65. The second-order valence-corrected chi connectivity index (χ2v) is 11.8. The van der Waals surface area contributed by atoms with Crippen LogP contribution in [0.5, 0.6) is 11.5 Å². The maximum absolute atomic E-state index is 11.1. The summed E-state index contributed by atoms with van der Waals surface area (Å²) in [6, 6.07) is 37.2. The molecule has 39 heavy (non-hydrogen) atoms. The zero-order valence-electron chi connectivity index (χ0n) is 22.1. The number of benzene rings is 5. The van der Waals surface area contributed by atoms with Crippen LogP contribution in [0.1, 0.15) is 36.7 Å². The van der Waals surface area contributed by atoms with Crippen LogP contribution < -0.4 is 4.74 Å². The lowest BCUT2D eigenvalue weighted by molar-refractivity contribution is 0.112. The minimum Gasteiger partial charge on any atom is -0.457 e. The smallest absolute Gasteiger partial charge is 0.150 e. The van der Waals surface area contributed by atoms with E-state index in [4.69, 9.17) is 4.74 Å². The van der Waals surface area contributed by atoms with E-state index >= 15 is 0 Å². The molecule has 0 amide bonds. The lowest BCUT2D eigenvalue weighted by atomic mass is 9.87. The number of aldehydes is 1. The molecule has 6 rings (SSSR count). The van der Waals surface area contributed by atoms with Crippen LogP contribution in [0.2, 0.25) is 0 Å². The predicted molar refractivity (Wildman–Crippen MR) is 165 cm³/mol. The molecule has 0 spiro atoms. The topological polar surface area (TPSA) is 31.2 Å². The highest BCUT2D eigenvalue weighted by atomic mass is 79.9. The first kappa shape index (κ1) is 25.1. The monoisotopic (exact) mass is 573 g/mol. The highest BCUT2D eigenvalue weighted by Gasteiger charge is 2.15. The minimum atomic E-state index is 0.111. The number of carbonyl (C=O) groups excluding carboxylic acids is 1. The highest BCUT2D eigenvalue weighted by molar-refractivity contribution is 9.10. The predicted octanol–water partition coefficient (Wildman–Crippen LogP) is 10.1. The van der Waals surface area contributed by atoms with Crippen molar-refractivity contribution in [3.63, 3.8) is 0 Å². The van der Waals surface area contributed by atoms with Gasteiger partial charge in [-0.25, -0.2) is 0 Å². The van der Waals surface area contributed by atoms with Crippen LogP contribution in [0.3, 0.4) is 0 Å². The van der Waals surface area contributed by atoms with Crippen LogP contribution >= 0.6 is 15.9 Å². The lowest BCUT2D eigenvalue weighted by Crippen LogP contribution is -2.10. The fourth-order valence-corrected chi connectivity index (χ4v) is 5.39. The molecule has 192 valence electrons. The van der Waals surface area contributed by atoms with Crippen LogP contribution in [-0.4, -0.2) is 10.9 Å². The summed E-state index contributed by atoms with van der Waals surface area (Å²) < 4.78 is 9.48. The Labute approximate surface area is 236 Å². The largest absolute Gasteiger partial charge is 0.457 e. The van der Waals surface area contributed by atoms with E-state index in [-0.39, 0.29) is 5.41 Å². The Morgan fingerprint density at radius 3 is 1.85 bits per heavy atom. The molecule has 0 unspecified atom stereocenters. The molecule has 0 aliphatic rings. The van der Waals surface area contributed by atoms with Gasteiger partial charge in [-0.05, 0) is 88.8 Å². The quantitative estimate of drug-likeness (QED) is 0.192. The van der Waals surface area contributed by atoms with Gasteiger partial charge in [-0.3, -0.25) is 4.79 Å². The van der Waals surface area contributed by atoms with Crippen LogP contribution in [0, 0.1) is 0 Å². The van der Waals surface area contributed by atoms with Crippen molar-refractivity contribution in [2.75, 3.05) is 0 Å². The van der Waals surface area contributed by atoms with Crippen LogP contribution in [-0.2, 0) is 5.41 Å². The van der Waals surface area contributed by atoms with Gasteiger partial charge in [0.05, 0.1) is 11.0 Å². The average Bonchev–Trinajstić information content (AvgIpc) is 3.26. The first-order valence-corrected chi connectivity index (χ1v) is 13.8. The number of nitrogens with zero attached hydrogens (tertiary/aromatic N) is 1. The van der Waals surface area contributed by atoms with Crippen molar-refractivity contribution in [3.05, 3.63) is 125 Å². The van der Waals surface area contributed by atoms with E-state index in [1.54, 1.807) is 0 Å². The normalized spacial score (nSPS) is 11.7. The number of ether oxygens (including phenoxy) is 1. The molecule has 0 saturated carbocycles. The van der Waals surface area contributed by atoms with Crippen molar-refractivity contribution in [1.29, 1.82) is 0 Å². The maximum atomic E-state index is 11.1.